The maximum atomic E-state index is 10.4. The van der Waals surface area contributed by atoms with E-state index in [4.69, 9.17) is 9.52 Å². The first-order valence-corrected chi connectivity index (χ1v) is 4.32. The Morgan fingerprint density at radius 2 is 2.38 bits per heavy atom. The van der Waals surface area contributed by atoms with E-state index in [1.807, 2.05) is 0 Å². The largest absolute Gasteiger partial charge is 0.475 e. The lowest BCUT2D eigenvalue weighted by Gasteiger charge is -1.98. The Bertz CT molecular complexity index is 314. The summed E-state index contributed by atoms with van der Waals surface area (Å²) in [5, 5.41) is 11.6. The van der Waals surface area contributed by atoms with Gasteiger partial charge < -0.3 is 14.8 Å². The third kappa shape index (κ3) is 2.02. The van der Waals surface area contributed by atoms with Crippen molar-refractivity contribution in [3.05, 3.63) is 17.9 Å². The van der Waals surface area contributed by atoms with Crippen LogP contribution in [0.2, 0.25) is 0 Å². The van der Waals surface area contributed by atoms with Gasteiger partial charge in [0.25, 0.3) is 0 Å². The van der Waals surface area contributed by atoms with Crippen LogP contribution in [-0.2, 0) is 0 Å². The first kappa shape index (κ1) is 8.16. The van der Waals surface area contributed by atoms with Crippen molar-refractivity contribution in [1.29, 1.82) is 0 Å². The molecule has 0 aromatic carbocycles. The van der Waals surface area contributed by atoms with Crippen LogP contribution in [0.4, 0.5) is 5.88 Å². The molecule has 1 aromatic rings. The van der Waals surface area contributed by atoms with Crippen molar-refractivity contribution in [2.45, 2.75) is 12.8 Å². The summed E-state index contributed by atoms with van der Waals surface area (Å²) in [7, 11) is 0. The number of hydrogen-bond donors (Lipinski definition) is 2. The van der Waals surface area contributed by atoms with E-state index in [9.17, 15) is 4.79 Å². The van der Waals surface area contributed by atoms with Gasteiger partial charge in [-0.15, -0.1) is 0 Å². The van der Waals surface area contributed by atoms with Crippen LogP contribution in [0.5, 0.6) is 0 Å². The molecule has 0 spiro atoms. The smallest absolute Gasteiger partial charge is 0.371 e. The Hall–Kier alpha value is -1.45. The third-order valence-electron chi connectivity index (χ3n) is 2.08. The average Bonchev–Trinajstić information content (AvgIpc) is 2.79. The Balaban J connectivity index is 1.92. The topological polar surface area (TPSA) is 62.5 Å². The van der Waals surface area contributed by atoms with E-state index in [1.165, 1.54) is 18.9 Å². The van der Waals surface area contributed by atoms with E-state index in [0.29, 0.717) is 5.88 Å². The highest BCUT2D eigenvalue weighted by Crippen LogP contribution is 2.29. The molecule has 0 saturated heterocycles. The molecule has 4 nitrogen and oxygen atoms in total. The summed E-state index contributed by atoms with van der Waals surface area (Å²) in [6.07, 6.45) is 2.53. The van der Waals surface area contributed by atoms with E-state index in [0.717, 1.165) is 12.5 Å². The third-order valence-corrected chi connectivity index (χ3v) is 2.08. The summed E-state index contributed by atoms with van der Waals surface area (Å²) in [5.41, 5.74) is 0. The van der Waals surface area contributed by atoms with Crippen LogP contribution in [-0.4, -0.2) is 17.6 Å². The summed E-state index contributed by atoms with van der Waals surface area (Å²) < 4.78 is 5.01. The minimum absolute atomic E-state index is 0.0155. The van der Waals surface area contributed by atoms with Gasteiger partial charge in [-0.05, 0) is 24.8 Å². The molecule has 1 heterocycles. The van der Waals surface area contributed by atoms with Gasteiger partial charge in [0.2, 0.25) is 5.76 Å². The fourth-order valence-corrected chi connectivity index (χ4v) is 1.11. The molecule has 2 N–H and O–H groups in total. The number of carbonyl (C=O) groups is 1. The first-order chi connectivity index (χ1) is 6.25. The van der Waals surface area contributed by atoms with Crippen LogP contribution >= 0.6 is 0 Å². The molecule has 4 heteroatoms. The Labute approximate surface area is 75.6 Å². The van der Waals surface area contributed by atoms with Crippen molar-refractivity contribution in [2.24, 2.45) is 5.92 Å². The highest BCUT2D eigenvalue weighted by molar-refractivity contribution is 5.84. The first-order valence-electron chi connectivity index (χ1n) is 4.32. The maximum Gasteiger partial charge on any atom is 0.371 e. The SMILES string of the molecule is O=C(O)c1ccc(NCC2CC2)o1. The van der Waals surface area contributed by atoms with E-state index < -0.39 is 5.97 Å². The van der Waals surface area contributed by atoms with Gasteiger partial charge in [-0.1, -0.05) is 0 Å². The van der Waals surface area contributed by atoms with Crippen molar-refractivity contribution in [2.75, 3.05) is 11.9 Å². The van der Waals surface area contributed by atoms with Crippen molar-refractivity contribution in [1.82, 2.24) is 0 Å². The number of hydrogen-bond acceptors (Lipinski definition) is 3. The predicted octanol–water partition coefficient (Wildman–Crippen LogP) is 1.80. The fraction of sp³-hybridized carbons (Fsp3) is 0.444. The Kier molecular flexibility index (Phi) is 1.96. The Morgan fingerprint density at radius 3 is 2.92 bits per heavy atom. The van der Waals surface area contributed by atoms with Crippen LogP contribution in [0, 0.1) is 5.92 Å². The van der Waals surface area contributed by atoms with Gasteiger partial charge in [0.15, 0.2) is 5.88 Å². The molecule has 70 valence electrons. The predicted molar refractivity (Wildman–Crippen MR) is 46.9 cm³/mol. The summed E-state index contributed by atoms with van der Waals surface area (Å²) in [6.45, 7) is 0.882. The molecule has 1 aromatic heterocycles. The molecule has 0 bridgehead atoms. The van der Waals surface area contributed by atoms with Crippen molar-refractivity contribution < 1.29 is 14.3 Å². The monoisotopic (exact) mass is 181 g/mol. The zero-order valence-corrected chi connectivity index (χ0v) is 7.12. The molecular weight excluding hydrogens is 170 g/mol. The van der Waals surface area contributed by atoms with Crippen LogP contribution in [0.15, 0.2) is 16.5 Å². The van der Waals surface area contributed by atoms with Crippen molar-refractivity contribution in [3.63, 3.8) is 0 Å². The van der Waals surface area contributed by atoms with Gasteiger partial charge in [-0.25, -0.2) is 4.79 Å². The normalized spacial score (nSPS) is 15.7. The van der Waals surface area contributed by atoms with Crippen LogP contribution < -0.4 is 5.32 Å². The summed E-state index contributed by atoms with van der Waals surface area (Å²) in [6, 6.07) is 3.10. The zero-order chi connectivity index (χ0) is 9.26. The molecule has 2 rings (SSSR count). The minimum atomic E-state index is -1.03. The van der Waals surface area contributed by atoms with Gasteiger partial charge >= 0.3 is 5.97 Å². The standard InChI is InChI=1S/C9H11NO3/c11-9(12)7-3-4-8(13-7)10-5-6-1-2-6/h3-4,6,10H,1-2,5H2,(H,11,12). The van der Waals surface area contributed by atoms with Crippen LogP contribution in [0.25, 0.3) is 0 Å². The lowest BCUT2D eigenvalue weighted by atomic mass is 10.4. The number of aromatic carboxylic acids is 1. The van der Waals surface area contributed by atoms with Gasteiger partial charge in [0.05, 0.1) is 0 Å². The van der Waals surface area contributed by atoms with Gasteiger partial charge in [-0.2, -0.15) is 0 Å². The summed E-state index contributed by atoms with van der Waals surface area (Å²) in [5.74, 6) is 0.250. The molecule has 0 aliphatic heterocycles. The second-order valence-electron chi connectivity index (χ2n) is 3.29. The van der Waals surface area contributed by atoms with Crippen LogP contribution in [0.3, 0.4) is 0 Å². The molecule has 1 aliphatic rings. The van der Waals surface area contributed by atoms with E-state index in [1.54, 1.807) is 6.07 Å². The van der Waals surface area contributed by atoms with Crippen LogP contribution in [0.1, 0.15) is 23.4 Å². The highest BCUT2D eigenvalue weighted by Gasteiger charge is 2.21. The molecule has 0 radical (unpaired) electrons. The molecule has 13 heavy (non-hydrogen) atoms. The molecule has 0 amide bonds. The maximum absolute atomic E-state index is 10.4. The second kappa shape index (κ2) is 3.12. The Morgan fingerprint density at radius 1 is 1.62 bits per heavy atom. The number of anilines is 1. The van der Waals surface area contributed by atoms with Gasteiger partial charge in [-0.3, -0.25) is 0 Å². The van der Waals surface area contributed by atoms with Crippen molar-refractivity contribution >= 4 is 11.9 Å². The van der Waals surface area contributed by atoms with Gasteiger partial charge in [0, 0.05) is 12.6 Å². The number of furan rings is 1. The van der Waals surface area contributed by atoms with E-state index >= 15 is 0 Å². The fourth-order valence-electron chi connectivity index (χ4n) is 1.11. The van der Waals surface area contributed by atoms with Gasteiger partial charge in [0.1, 0.15) is 0 Å². The molecule has 0 atom stereocenters. The minimum Gasteiger partial charge on any atom is -0.475 e. The molecule has 1 saturated carbocycles. The van der Waals surface area contributed by atoms with Crippen molar-refractivity contribution in [3.8, 4) is 0 Å². The number of rotatable bonds is 4. The number of carboxylic acids is 1. The average molecular weight is 181 g/mol. The number of nitrogens with one attached hydrogen (secondary N) is 1. The lowest BCUT2D eigenvalue weighted by Crippen LogP contribution is -2.01. The molecule has 1 aliphatic carbocycles. The molecule has 1 fully saturated rings. The number of carboxylic acid groups (broad SMARTS) is 1. The highest BCUT2D eigenvalue weighted by atomic mass is 16.4. The van der Waals surface area contributed by atoms with E-state index in [-0.39, 0.29) is 5.76 Å². The molecule has 0 unspecified atom stereocenters. The summed E-state index contributed by atoms with van der Waals surface area (Å²) >= 11 is 0. The zero-order valence-electron chi connectivity index (χ0n) is 7.12. The van der Waals surface area contributed by atoms with E-state index in [2.05, 4.69) is 5.32 Å². The summed E-state index contributed by atoms with van der Waals surface area (Å²) in [4.78, 5) is 10.4. The quantitative estimate of drug-likeness (QED) is 0.743. The lowest BCUT2D eigenvalue weighted by molar-refractivity contribution is 0.0663. The molecular formula is C9H11NO3. The second-order valence-corrected chi connectivity index (χ2v) is 3.29.